The van der Waals surface area contributed by atoms with E-state index in [1.54, 1.807) is 0 Å². The van der Waals surface area contributed by atoms with Gasteiger partial charge in [-0.1, -0.05) is 358 Å². The number of ether oxygens (including phenoxy) is 2. The number of carbonyl (C=O) groups excluding carboxylic acids is 2. The van der Waals surface area contributed by atoms with Crippen molar-refractivity contribution >= 4 is 11.9 Å². The lowest BCUT2D eigenvalue weighted by Crippen LogP contribution is -2.28. The molecule has 0 heterocycles. The van der Waals surface area contributed by atoms with E-state index in [-0.39, 0.29) is 25.2 Å². The predicted octanol–water partition coefficient (Wildman–Crippen LogP) is 23.5. The molecule has 0 amide bonds. The van der Waals surface area contributed by atoms with Gasteiger partial charge in [0.15, 0.2) is 6.10 Å². The Bertz CT molecular complexity index is 1250. The Morgan fingerprint density at radius 2 is 0.566 bits per heavy atom. The van der Waals surface area contributed by atoms with Crippen molar-refractivity contribution in [3.05, 3.63) is 48.6 Å². The fourth-order valence-electron chi connectivity index (χ4n) is 10.6. The summed E-state index contributed by atoms with van der Waals surface area (Å²) in [5, 5.41) is 9.69. The van der Waals surface area contributed by atoms with E-state index in [0.717, 1.165) is 57.8 Å². The second kappa shape index (κ2) is 67.1. The van der Waals surface area contributed by atoms with Crippen LogP contribution in [0.3, 0.4) is 0 Å². The second-order valence-electron chi connectivity index (χ2n) is 23.2. The summed E-state index contributed by atoms with van der Waals surface area (Å²) >= 11 is 0. The van der Waals surface area contributed by atoms with Gasteiger partial charge in [0.2, 0.25) is 0 Å². The molecule has 0 aromatic rings. The molecule has 1 unspecified atom stereocenters. The minimum atomic E-state index is -0.768. The molecule has 0 aliphatic rings. The van der Waals surface area contributed by atoms with Crippen molar-refractivity contribution in [3.63, 3.8) is 0 Å². The summed E-state index contributed by atoms with van der Waals surface area (Å²) in [6, 6.07) is 0. The minimum Gasteiger partial charge on any atom is -0.462 e. The van der Waals surface area contributed by atoms with Crippen LogP contribution in [0, 0.1) is 0 Å². The van der Waals surface area contributed by atoms with Gasteiger partial charge in [0.05, 0.1) is 6.61 Å². The second-order valence-corrected chi connectivity index (χ2v) is 23.2. The van der Waals surface area contributed by atoms with Crippen molar-refractivity contribution in [3.8, 4) is 0 Å². The zero-order valence-electron chi connectivity index (χ0n) is 51.3. The van der Waals surface area contributed by atoms with Crippen LogP contribution in [0.25, 0.3) is 0 Å². The number of allylic oxidation sites excluding steroid dienone is 8. The van der Waals surface area contributed by atoms with E-state index in [0.29, 0.717) is 12.8 Å². The average molecular weight is 1070 g/mol. The highest BCUT2D eigenvalue weighted by atomic mass is 16.6. The van der Waals surface area contributed by atoms with E-state index in [4.69, 9.17) is 9.47 Å². The van der Waals surface area contributed by atoms with Crippen LogP contribution in [0.1, 0.15) is 373 Å². The highest BCUT2D eigenvalue weighted by molar-refractivity contribution is 5.70. The van der Waals surface area contributed by atoms with Crippen LogP contribution in [-0.4, -0.2) is 36.4 Å². The first-order chi connectivity index (χ1) is 37.6. The Hall–Kier alpha value is -2.14. The third-order valence-corrected chi connectivity index (χ3v) is 15.6. The SMILES string of the molecule is CC/C=C\C/C=C\C/C=C\C/C=C\CCCCCCCCCCCCCCCCCCCCCCCCCCCCC(=O)OC(CO)COC(=O)CCCCCCCCCCCCCCCCCCCCCCCCC. The summed E-state index contributed by atoms with van der Waals surface area (Å²) in [6.07, 6.45) is 90.1. The van der Waals surface area contributed by atoms with E-state index >= 15 is 0 Å². The Morgan fingerprint density at radius 1 is 0.316 bits per heavy atom. The number of hydrogen-bond donors (Lipinski definition) is 1. The van der Waals surface area contributed by atoms with Gasteiger partial charge in [-0.3, -0.25) is 9.59 Å². The lowest BCUT2D eigenvalue weighted by atomic mass is 10.0. The van der Waals surface area contributed by atoms with Crippen LogP contribution < -0.4 is 0 Å². The molecule has 0 aliphatic carbocycles. The number of esters is 2. The van der Waals surface area contributed by atoms with Gasteiger partial charge in [-0.05, 0) is 51.4 Å². The molecule has 0 aromatic heterocycles. The number of aliphatic hydroxyl groups excluding tert-OH is 1. The van der Waals surface area contributed by atoms with Crippen molar-refractivity contribution in [1.29, 1.82) is 0 Å². The molecule has 0 saturated heterocycles. The molecular weight excluding hydrogens is 933 g/mol. The fourth-order valence-corrected chi connectivity index (χ4v) is 10.6. The van der Waals surface area contributed by atoms with E-state index in [1.165, 1.54) is 289 Å². The number of rotatable bonds is 64. The van der Waals surface area contributed by atoms with E-state index in [2.05, 4.69) is 62.5 Å². The maximum absolute atomic E-state index is 12.4. The van der Waals surface area contributed by atoms with Crippen molar-refractivity contribution in [2.75, 3.05) is 13.2 Å². The molecule has 0 aliphatic heterocycles. The summed E-state index contributed by atoms with van der Waals surface area (Å²) < 4.78 is 10.8. The van der Waals surface area contributed by atoms with Crippen LogP contribution in [0.2, 0.25) is 0 Å². The van der Waals surface area contributed by atoms with Crippen molar-refractivity contribution in [2.45, 2.75) is 380 Å². The molecule has 0 radical (unpaired) electrons. The van der Waals surface area contributed by atoms with Gasteiger partial charge < -0.3 is 14.6 Å². The van der Waals surface area contributed by atoms with Gasteiger partial charge >= 0.3 is 11.9 Å². The van der Waals surface area contributed by atoms with Crippen LogP contribution in [0.4, 0.5) is 0 Å². The minimum absolute atomic E-state index is 0.0582. The first kappa shape index (κ1) is 73.9. The topological polar surface area (TPSA) is 72.8 Å². The Morgan fingerprint density at radius 3 is 0.855 bits per heavy atom. The standard InChI is InChI=1S/C71H132O5/c1-3-5-7-9-11-13-15-17-19-21-23-25-27-28-29-30-31-32-33-34-35-36-37-38-39-40-41-42-44-46-48-50-52-54-56-58-60-62-64-66-71(74)76-69(67-72)68-75-70(73)65-63-61-59-57-55-53-51-49-47-45-43-26-24-22-20-18-16-14-12-10-8-6-4-2/h5,7,11,13,17,19,23,25,69,72H,3-4,6,8-10,12,14-16,18,20-22,24,26-68H2,1-2H3/b7-5-,13-11-,19-17-,25-23-. The molecule has 0 saturated carbocycles. The van der Waals surface area contributed by atoms with Crippen LogP contribution in [0.15, 0.2) is 48.6 Å². The summed E-state index contributed by atoms with van der Waals surface area (Å²) in [6.45, 7) is 4.09. The van der Waals surface area contributed by atoms with Gasteiger partial charge in [0.25, 0.3) is 0 Å². The molecule has 0 aromatic carbocycles. The molecule has 5 nitrogen and oxygen atoms in total. The summed E-state index contributed by atoms with van der Waals surface area (Å²) in [4.78, 5) is 24.6. The third kappa shape index (κ3) is 64.4. The number of unbranched alkanes of at least 4 members (excludes halogenated alkanes) is 48. The maximum atomic E-state index is 12.4. The molecule has 76 heavy (non-hydrogen) atoms. The number of carbonyl (C=O) groups is 2. The first-order valence-electron chi connectivity index (χ1n) is 34.2. The van der Waals surface area contributed by atoms with Gasteiger partial charge in [-0.25, -0.2) is 0 Å². The van der Waals surface area contributed by atoms with Crippen molar-refractivity contribution in [2.24, 2.45) is 0 Å². The largest absolute Gasteiger partial charge is 0.462 e. The monoisotopic (exact) mass is 1070 g/mol. The van der Waals surface area contributed by atoms with Gasteiger partial charge in [-0.15, -0.1) is 0 Å². The molecule has 446 valence electrons. The predicted molar refractivity (Wildman–Crippen MR) is 334 cm³/mol. The normalized spacial score (nSPS) is 12.4. The molecule has 1 N–H and O–H groups in total. The lowest BCUT2D eigenvalue weighted by molar-refractivity contribution is -0.161. The smallest absolute Gasteiger partial charge is 0.306 e. The van der Waals surface area contributed by atoms with Crippen molar-refractivity contribution < 1.29 is 24.2 Å². The Balaban J connectivity index is 3.37. The van der Waals surface area contributed by atoms with E-state index in [1.807, 2.05) is 0 Å². The van der Waals surface area contributed by atoms with Crippen LogP contribution in [0.5, 0.6) is 0 Å². The molecule has 0 fully saturated rings. The summed E-state index contributed by atoms with van der Waals surface area (Å²) in [5.74, 6) is -0.565. The van der Waals surface area contributed by atoms with Gasteiger partial charge in [0, 0.05) is 12.8 Å². The number of hydrogen-bond acceptors (Lipinski definition) is 5. The molecule has 0 spiro atoms. The Kier molecular flexibility index (Phi) is 65.2. The molecule has 5 heteroatoms. The zero-order chi connectivity index (χ0) is 54.8. The van der Waals surface area contributed by atoms with Crippen LogP contribution >= 0.6 is 0 Å². The summed E-state index contributed by atoms with van der Waals surface area (Å²) in [5.41, 5.74) is 0. The van der Waals surface area contributed by atoms with Crippen LogP contribution in [-0.2, 0) is 19.1 Å². The fraction of sp³-hybridized carbons (Fsp3) is 0.859. The third-order valence-electron chi connectivity index (χ3n) is 15.6. The quantitative estimate of drug-likeness (QED) is 0.0373. The highest BCUT2D eigenvalue weighted by Gasteiger charge is 2.16. The lowest BCUT2D eigenvalue weighted by Gasteiger charge is -2.15. The summed E-state index contributed by atoms with van der Waals surface area (Å²) in [7, 11) is 0. The molecular formula is C71H132O5. The van der Waals surface area contributed by atoms with E-state index in [9.17, 15) is 14.7 Å². The number of aliphatic hydroxyl groups is 1. The Labute approximate surface area is 475 Å². The molecule has 1 atom stereocenters. The molecule has 0 bridgehead atoms. The zero-order valence-corrected chi connectivity index (χ0v) is 51.3. The first-order valence-corrected chi connectivity index (χ1v) is 34.2. The average Bonchev–Trinajstić information content (AvgIpc) is 3.42. The highest BCUT2D eigenvalue weighted by Crippen LogP contribution is 2.19. The molecule has 0 rings (SSSR count). The van der Waals surface area contributed by atoms with E-state index < -0.39 is 6.10 Å². The van der Waals surface area contributed by atoms with Gasteiger partial charge in [0.1, 0.15) is 6.61 Å². The maximum Gasteiger partial charge on any atom is 0.306 e. The van der Waals surface area contributed by atoms with Crippen molar-refractivity contribution in [1.82, 2.24) is 0 Å². The van der Waals surface area contributed by atoms with Gasteiger partial charge in [-0.2, -0.15) is 0 Å².